The summed E-state index contributed by atoms with van der Waals surface area (Å²) in [5.41, 5.74) is 0.260. The van der Waals surface area contributed by atoms with Gasteiger partial charge < -0.3 is 10.2 Å². The number of nitro benzene ring substituents is 1. The Morgan fingerprint density at radius 2 is 2.10 bits per heavy atom. The molecule has 1 amide bonds. The third kappa shape index (κ3) is 4.25. The number of nitrogens with zero attached hydrogens (tertiary/aromatic N) is 2. The lowest BCUT2D eigenvalue weighted by Crippen LogP contribution is -2.37. The quantitative estimate of drug-likeness (QED) is 0.664. The van der Waals surface area contributed by atoms with E-state index in [2.05, 4.69) is 21.2 Å². The van der Waals surface area contributed by atoms with Crippen molar-refractivity contribution >= 4 is 27.5 Å². The number of amides is 1. The predicted molar refractivity (Wildman–Crippen MR) is 83.4 cm³/mol. The second-order valence-corrected chi connectivity index (χ2v) is 6.25. The van der Waals surface area contributed by atoms with Crippen LogP contribution in [0, 0.1) is 16.0 Å². The molecule has 0 atom stereocenters. The molecular formula is C14H18BrN3O3. The molecule has 1 heterocycles. The SMILES string of the molecule is CN(CC1CCNCC1)C(=O)c1cc(Br)cc([N+](=O)[O-])c1. The Morgan fingerprint density at radius 3 is 2.71 bits per heavy atom. The highest BCUT2D eigenvalue weighted by molar-refractivity contribution is 9.10. The van der Waals surface area contributed by atoms with Gasteiger partial charge in [0.25, 0.3) is 11.6 Å². The van der Waals surface area contributed by atoms with E-state index in [0.29, 0.717) is 22.5 Å². The van der Waals surface area contributed by atoms with Crippen molar-refractivity contribution in [2.75, 3.05) is 26.7 Å². The summed E-state index contributed by atoms with van der Waals surface area (Å²) in [7, 11) is 1.75. The Balaban J connectivity index is 2.09. The number of benzene rings is 1. The number of carbonyl (C=O) groups is 1. The zero-order valence-electron chi connectivity index (χ0n) is 11.8. The number of non-ortho nitro benzene ring substituents is 1. The molecule has 1 aliphatic heterocycles. The van der Waals surface area contributed by atoms with Crippen molar-refractivity contribution in [1.29, 1.82) is 0 Å². The maximum atomic E-state index is 12.4. The van der Waals surface area contributed by atoms with Crippen molar-refractivity contribution in [3.63, 3.8) is 0 Å². The summed E-state index contributed by atoms with van der Waals surface area (Å²) in [4.78, 5) is 24.4. The minimum Gasteiger partial charge on any atom is -0.341 e. The number of halogens is 1. The van der Waals surface area contributed by atoms with Crippen LogP contribution >= 0.6 is 15.9 Å². The van der Waals surface area contributed by atoms with Crippen LogP contribution in [-0.2, 0) is 0 Å². The van der Waals surface area contributed by atoms with E-state index in [1.165, 1.54) is 12.1 Å². The highest BCUT2D eigenvalue weighted by Crippen LogP contribution is 2.23. The highest BCUT2D eigenvalue weighted by Gasteiger charge is 2.21. The highest BCUT2D eigenvalue weighted by atomic mass is 79.9. The van der Waals surface area contributed by atoms with Crippen LogP contribution in [0.5, 0.6) is 0 Å². The summed E-state index contributed by atoms with van der Waals surface area (Å²) in [5, 5.41) is 14.2. The van der Waals surface area contributed by atoms with Crippen LogP contribution < -0.4 is 5.32 Å². The molecule has 1 aliphatic rings. The van der Waals surface area contributed by atoms with Gasteiger partial charge in [-0.05, 0) is 37.9 Å². The molecule has 0 bridgehead atoms. The van der Waals surface area contributed by atoms with Gasteiger partial charge in [-0.25, -0.2) is 0 Å². The summed E-state index contributed by atoms with van der Waals surface area (Å²) >= 11 is 3.21. The summed E-state index contributed by atoms with van der Waals surface area (Å²) in [5.74, 6) is 0.306. The van der Waals surface area contributed by atoms with Crippen molar-refractivity contribution in [3.8, 4) is 0 Å². The molecule has 1 fully saturated rings. The zero-order chi connectivity index (χ0) is 15.4. The molecule has 21 heavy (non-hydrogen) atoms. The van der Waals surface area contributed by atoms with Gasteiger partial charge in [0.1, 0.15) is 0 Å². The molecule has 0 saturated carbocycles. The van der Waals surface area contributed by atoms with Gasteiger partial charge in [0, 0.05) is 35.8 Å². The van der Waals surface area contributed by atoms with Crippen molar-refractivity contribution in [1.82, 2.24) is 10.2 Å². The van der Waals surface area contributed by atoms with E-state index >= 15 is 0 Å². The van der Waals surface area contributed by atoms with Crippen molar-refractivity contribution < 1.29 is 9.72 Å². The molecule has 0 radical (unpaired) electrons. The number of hydrogen-bond acceptors (Lipinski definition) is 4. The van der Waals surface area contributed by atoms with Crippen LogP contribution in [-0.4, -0.2) is 42.4 Å². The Morgan fingerprint density at radius 1 is 1.43 bits per heavy atom. The number of nitrogens with one attached hydrogen (secondary N) is 1. The van der Waals surface area contributed by atoms with Gasteiger partial charge in [0.2, 0.25) is 0 Å². The molecule has 7 heteroatoms. The van der Waals surface area contributed by atoms with Gasteiger partial charge in [-0.2, -0.15) is 0 Å². The lowest BCUT2D eigenvalue weighted by atomic mass is 9.97. The van der Waals surface area contributed by atoms with Crippen LogP contribution in [0.1, 0.15) is 23.2 Å². The molecule has 1 aromatic rings. The fourth-order valence-electron chi connectivity index (χ4n) is 2.56. The van der Waals surface area contributed by atoms with Crippen LogP contribution in [0.2, 0.25) is 0 Å². The van der Waals surface area contributed by atoms with Crippen molar-refractivity contribution in [2.24, 2.45) is 5.92 Å². The van der Waals surface area contributed by atoms with E-state index in [1.807, 2.05) is 0 Å². The van der Waals surface area contributed by atoms with E-state index in [4.69, 9.17) is 0 Å². The molecule has 1 N–H and O–H groups in total. The first-order chi connectivity index (χ1) is 9.97. The first kappa shape index (κ1) is 15.9. The molecule has 2 rings (SSSR count). The fourth-order valence-corrected chi connectivity index (χ4v) is 3.04. The molecule has 1 aromatic carbocycles. The largest absolute Gasteiger partial charge is 0.341 e. The lowest BCUT2D eigenvalue weighted by molar-refractivity contribution is -0.385. The third-order valence-corrected chi connectivity index (χ3v) is 4.14. The summed E-state index contributed by atoms with van der Waals surface area (Å²) < 4.78 is 0.537. The van der Waals surface area contributed by atoms with E-state index in [-0.39, 0.29) is 11.6 Å². The Hall–Kier alpha value is -1.47. The summed E-state index contributed by atoms with van der Waals surface area (Å²) in [6.07, 6.45) is 2.10. The molecule has 1 saturated heterocycles. The van der Waals surface area contributed by atoms with Gasteiger partial charge in [-0.1, -0.05) is 15.9 Å². The number of carbonyl (C=O) groups excluding carboxylic acids is 1. The number of piperidine rings is 1. The minimum atomic E-state index is -0.492. The number of rotatable bonds is 4. The van der Waals surface area contributed by atoms with Crippen molar-refractivity contribution in [3.05, 3.63) is 38.3 Å². The van der Waals surface area contributed by atoms with Gasteiger partial charge >= 0.3 is 0 Å². The van der Waals surface area contributed by atoms with Crippen LogP contribution in [0.25, 0.3) is 0 Å². The second kappa shape index (κ2) is 7.00. The summed E-state index contributed by atoms with van der Waals surface area (Å²) in [6.45, 7) is 2.64. The predicted octanol–water partition coefficient (Wildman–Crippen LogP) is 2.43. The smallest absolute Gasteiger partial charge is 0.271 e. The minimum absolute atomic E-state index is 0.0806. The number of nitro groups is 1. The normalized spacial score (nSPS) is 15.7. The van der Waals surface area contributed by atoms with Gasteiger partial charge in [0.05, 0.1) is 4.92 Å². The zero-order valence-corrected chi connectivity index (χ0v) is 13.4. The van der Waals surface area contributed by atoms with Gasteiger partial charge in [-0.3, -0.25) is 14.9 Å². The van der Waals surface area contributed by atoms with E-state index in [9.17, 15) is 14.9 Å². The molecular weight excluding hydrogens is 338 g/mol. The Kier molecular flexibility index (Phi) is 5.30. The monoisotopic (exact) mass is 355 g/mol. The first-order valence-electron chi connectivity index (χ1n) is 6.88. The molecule has 0 aliphatic carbocycles. The van der Waals surface area contributed by atoms with Crippen LogP contribution in [0.4, 0.5) is 5.69 Å². The van der Waals surface area contributed by atoms with Crippen LogP contribution in [0.15, 0.2) is 22.7 Å². The fraction of sp³-hybridized carbons (Fsp3) is 0.500. The maximum absolute atomic E-state index is 12.4. The Bertz CT molecular complexity index is 544. The maximum Gasteiger partial charge on any atom is 0.271 e. The molecule has 0 spiro atoms. The molecule has 114 valence electrons. The summed E-state index contributed by atoms with van der Waals surface area (Å²) in [6, 6.07) is 4.34. The molecule has 0 aromatic heterocycles. The van der Waals surface area contributed by atoms with E-state index < -0.39 is 4.92 Å². The lowest BCUT2D eigenvalue weighted by Gasteiger charge is -2.27. The number of hydrogen-bond donors (Lipinski definition) is 1. The van der Waals surface area contributed by atoms with Gasteiger partial charge in [0.15, 0.2) is 0 Å². The molecule has 0 unspecified atom stereocenters. The topological polar surface area (TPSA) is 75.5 Å². The van der Waals surface area contributed by atoms with E-state index in [0.717, 1.165) is 25.9 Å². The average Bonchev–Trinajstić information content (AvgIpc) is 2.46. The van der Waals surface area contributed by atoms with Crippen LogP contribution in [0.3, 0.4) is 0 Å². The first-order valence-corrected chi connectivity index (χ1v) is 7.68. The Labute approximate surface area is 131 Å². The van der Waals surface area contributed by atoms with E-state index in [1.54, 1.807) is 18.0 Å². The average molecular weight is 356 g/mol. The van der Waals surface area contributed by atoms with Gasteiger partial charge in [-0.15, -0.1) is 0 Å². The third-order valence-electron chi connectivity index (χ3n) is 3.68. The second-order valence-electron chi connectivity index (χ2n) is 5.33. The molecule has 6 nitrogen and oxygen atoms in total. The standard InChI is InChI=1S/C14H18BrN3O3/c1-17(9-10-2-4-16-5-3-10)14(19)11-6-12(15)8-13(7-11)18(20)21/h6-8,10,16H,2-5,9H2,1H3. The van der Waals surface area contributed by atoms with Crippen molar-refractivity contribution in [2.45, 2.75) is 12.8 Å².